The summed E-state index contributed by atoms with van der Waals surface area (Å²) in [6.07, 6.45) is -0.418. The van der Waals surface area contributed by atoms with Crippen molar-refractivity contribution in [1.82, 2.24) is 5.32 Å². The van der Waals surface area contributed by atoms with E-state index in [0.717, 1.165) is 28.2 Å². The molecule has 4 heteroatoms. The van der Waals surface area contributed by atoms with E-state index in [4.69, 9.17) is 9.47 Å². The summed E-state index contributed by atoms with van der Waals surface area (Å²) in [6.45, 7) is 12.5. The van der Waals surface area contributed by atoms with Crippen LogP contribution < -0.4 is 14.8 Å². The quantitative estimate of drug-likeness (QED) is 0.713. The third kappa shape index (κ3) is 6.31. The van der Waals surface area contributed by atoms with Gasteiger partial charge in [-0.1, -0.05) is 38.1 Å². The van der Waals surface area contributed by atoms with Gasteiger partial charge in [-0.25, -0.2) is 0 Å². The molecule has 1 amide bonds. The number of aryl methyl sites for hydroxylation is 1. The summed E-state index contributed by atoms with van der Waals surface area (Å²) < 4.78 is 11.6. The topological polar surface area (TPSA) is 47.6 Å². The minimum atomic E-state index is -0.562. The first-order chi connectivity index (χ1) is 12.8. The van der Waals surface area contributed by atoms with Crippen LogP contribution >= 0.6 is 0 Å². The first-order valence-corrected chi connectivity index (χ1v) is 9.56. The van der Waals surface area contributed by atoms with E-state index in [-0.39, 0.29) is 12.0 Å². The molecule has 2 rings (SSSR count). The Kier molecular flexibility index (Phi) is 7.28. The van der Waals surface area contributed by atoms with Gasteiger partial charge >= 0.3 is 0 Å². The molecule has 0 saturated heterocycles. The molecule has 0 aliphatic heterocycles. The molecule has 0 aromatic heterocycles. The SMILES string of the molecule is Cc1ccc(C(C)C)c(O[C@H](C)C(=O)NCc2ccc(OC(C)C)cc2)c1. The van der Waals surface area contributed by atoms with Gasteiger partial charge in [-0.2, -0.15) is 0 Å². The molecule has 0 spiro atoms. The summed E-state index contributed by atoms with van der Waals surface area (Å²) in [7, 11) is 0. The van der Waals surface area contributed by atoms with Crippen LogP contribution in [-0.4, -0.2) is 18.1 Å². The van der Waals surface area contributed by atoms with Crippen molar-refractivity contribution in [2.45, 2.75) is 66.2 Å². The van der Waals surface area contributed by atoms with Crippen LogP contribution in [0.15, 0.2) is 42.5 Å². The molecule has 0 fully saturated rings. The average Bonchev–Trinajstić information content (AvgIpc) is 2.60. The lowest BCUT2D eigenvalue weighted by Crippen LogP contribution is -2.36. The van der Waals surface area contributed by atoms with Crippen molar-refractivity contribution in [3.05, 3.63) is 59.2 Å². The number of amides is 1. The zero-order valence-corrected chi connectivity index (χ0v) is 17.2. The molecule has 0 aliphatic carbocycles. The summed E-state index contributed by atoms with van der Waals surface area (Å²) in [4.78, 5) is 12.4. The fourth-order valence-electron chi connectivity index (χ4n) is 2.76. The normalized spacial score (nSPS) is 12.1. The largest absolute Gasteiger partial charge is 0.491 e. The third-order valence-electron chi connectivity index (χ3n) is 4.23. The van der Waals surface area contributed by atoms with Gasteiger partial charge in [0.15, 0.2) is 6.10 Å². The molecule has 0 bridgehead atoms. The fraction of sp³-hybridized carbons (Fsp3) is 0.435. The van der Waals surface area contributed by atoms with E-state index in [1.807, 2.05) is 51.1 Å². The Morgan fingerprint density at radius 1 is 0.963 bits per heavy atom. The highest BCUT2D eigenvalue weighted by Crippen LogP contribution is 2.28. The van der Waals surface area contributed by atoms with Crippen LogP contribution in [0, 0.1) is 6.92 Å². The average molecular weight is 370 g/mol. The molecule has 27 heavy (non-hydrogen) atoms. The van der Waals surface area contributed by atoms with Gasteiger partial charge < -0.3 is 14.8 Å². The van der Waals surface area contributed by atoms with Crippen LogP contribution in [-0.2, 0) is 11.3 Å². The molecule has 0 aliphatic rings. The predicted octanol–water partition coefficient (Wildman–Crippen LogP) is 4.99. The van der Waals surface area contributed by atoms with Gasteiger partial charge in [0.05, 0.1) is 6.10 Å². The van der Waals surface area contributed by atoms with Crippen molar-refractivity contribution in [1.29, 1.82) is 0 Å². The number of ether oxygens (including phenoxy) is 2. The summed E-state index contributed by atoms with van der Waals surface area (Å²) in [5.41, 5.74) is 3.25. The number of carbonyl (C=O) groups excluding carboxylic acids is 1. The molecule has 1 N–H and O–H groups in total. The Balaban J connectivity index is 1.93. The predicted molar refractivity (Wildman–Crippen MR) is 109 cm³/mol. The Labute approximate surface area is 162 Å². The molecule has 1 atom stereocenters. The molecule has 0 unspecified atom stereocenters. The summed E-state index contributed by atoms with van der Waals surface area (Å²) in [5, 5.41) is 2.94. The monoisotopic (exact) mass is 369 g/mol. The number of nitrogens with one attached hydrogen (secondary N) is 1. The fourth-order valence-corrected chi connectivity index (χ4v) is 2.76. The van der Waals surface area contributed by atoms with Crippen LogP contribution in [0.2, 0.25) is 0 Å². The van der Waals surface area contributed by atoms with Crippen molar-refractivity contribution in [3.63, 3.8) is 0 Å². The summed E-state index contributed by atoms with van der Waals surface area (Å²) in [6, 6.07) is 13.9. The smallest absolute Gasteiger partial charge is 0.261 e. The van der Waals surface area contributed by atoms with Gasteiger partial charge in [0, 0.05) is 6.54 Å². The molecule has 0 heterocycles. The molecule has 2 aromatic carbocycles. The van der Waals surface area contributed by atoms with E-state index < -0.39 is 6.10 Å². The van der Waals surface area contributed by atoms with Crippen molar-refractivity contribution in [3.8, 4) is 11.5 Å². The van der Waals surface area contributed by atoms with Gasteiger partial charge in [-0.05, 0) is 68.5 Å². The standard InChI is InChI=1S/C23H31NO3/c1-15(2)21-12-7-17(5)13-22(21)27-18(6)23(25)24-14-19-8-10-20(11-9-19)26-16(3)4/h7-13,15-16,18H,14H2,1-6H3,(H,24,25)/t18-/m1/s1. The number of rotatable bonds is 8. The van der Waals surface area contributed by atoms with Crippen LogP contribution in [0.1, 0.15) is 57.2 Å². The van der Waals surface area contributed by atoms with E-state index >= 15 is 0 Å². The lowest BCUT2D eigenvalue weighted by atomic mass is 10.0. The van der Waals surface area contributed by atoms with Crippen molar-refractivity contribution in [2.75, 3.05) is 0 Å². The minimum Gasteiger partial charge on any atom is -0.491 e. The van der Waals surface area contributed by atoms with E-state index in [1.165, 1.54) is 0 Å². The van der Waals surface area contributed by atoms with Crippen LogP contribution in [0.25, 0.3) is 0 Å². The van der Waals surface area contributed by atoms with Crippen LogP contribution in [0.4, 0.5) is 0 Å². The highest BCUT2D eigenvalue weighted by Gasteiger charge is 2.17. The van der Waals surface area contributed by atoms with Crippen molar-refractivity contribution < 1.29 is 14.3 Å². The van der Waals surface area contributed by atoms with Gasteiger partial charge in [0.25, 0.3) is 5.91 Å². The number of benzene rings is 2. The number of hydrogen-bond acceptors (Lipinski definition) is 3. The minimum absolute atomic E-state index is 0.131. The van der Waals surface area contributed by atoms with E-state index in [0.29, 0.717) is 12.5 Å². The van der Waals surface area contributed by atoms with Gasteiger partial charge in [0.1, 0.15) is 11.5 Å². The highest BCUT2D eigenvalue weighted by atomic mass is 16.5. The molecule has 4 nitrogen and oxygen atoms in total. The maximum absolute atomic E-state index is 12.4. The maximum atomic E-state index is 12.4. The highest BCUT2D eigenvalue weighted by molar-refractivity contribution is 5.80. The van der Waals surface area contributed by atoms with Gasteiger partial charge in [-0.15, -0.1) is 0 Å². The van der Waals surface area contributed by atoms with Crippen molar-refractivity contribution in [2.24, 2.45) is 0 Å². The molecular formula is C23H31NO3. The second-order valence-corrected chi connectivity index (χ2v) is 7.48. The Hall–Kier alpha value is -2.49. The Bertz CT molecular complexity index is 751. The second kappa shape index (κ2) is 9.45. The zero-order chi connectivity index (χ0) is 20.0. The van der Waals surface area contributed by atoms with Gasteiger partial charge in [0.2, 0.25) is 0 Å². The maximum Gasteiger partial charge on any atom is 0.261 e. The van der Waals surface area contributed by atoms with E-state index in [1.54, 1.807) is 6.92 Å². The molecule has 0 saturated carbocycles. The van der Waals surface area contributed by atoms with Gasteiger partial charge in [-0.3, -0.25) is 4.79 Å². The summed E-state index contributed by atoms with van der Waals surface area (Å²) >= 11 is 0. The lowest BCUT2D eigenvalue weighted by molar-refractivity contribution is -0.127. The molecule has 0 radical (unpaired) electrons. The molecule has 146 valence electrons. The Morgan fingerprint density at radius 3 is 2.22 bits per heavy atom. The zero-order valence-electron chi connectivity index (χ0n) is 17.2. The van der Waals surface area contributed by atoms with Crippen LogP contribution in [0.5, 0.6) is 11.5 Å². The first-order valence-electron chi connectivity index (χ1n) is 9.56. The molecular weight excluding hydrogens is 338 g/mol. The van der Waals surface area contributed by atoms with Crippen molar-refractivity contribution >= 4 is 5.91 Å². The van der Waals surface area contributed by atoms with E-state index in [2.05, 4.69) is 31.3 Å². The second-order valence-electron chi connectivity index (χ2n) is 7.48. The third-order valence-corrected chi connectivity index (χ3v) is 4.23. The molecule has 2 aromatic rings. The number of hydrogen-bond donors (Lipinski definition) is 1. The lowest BCUT2D eigenvalue weighted by Gasteiger charge is -2.19. The number of carbonyl (C=O) groups is 1. The summed E-state index contributed by atoms with van der Waals surface area (Å²) in [5.74, 6) is 1.82. The first kappa shape index (κ1) is 20.8. The van der Waals surface area contributed by atoms with Crippen LogP contribution in [0.3, 0.4) is 0 Å². The Morgan fingerprint density at radius 2 is 1.63 bits per heavy atom. The van der Waals surface area contributed by atoms with E-state index in [9.17, 15) is 4.79 Å².